The van der Waals surface area contributed by atoms with Gasteiger partial charge in [-0.1, -0.05) is 25.1 Å². The average molecular weight is 585 g/mol. The van der Waals surface area contributed by atoms with Crippen LogP contribution in [0, 0.1) is 5.92 Å². The molecule has 0 bridgehead atoms. The van der Waals surface area contributed by atoms with Crippen LogP contribution in [0.5, 0.6) is 5.75 Å². The highest BCUT2D eigenvalue weighted by atomic mass is 32.2. The third-order valence-electron chi connectivity index (χ3n) is 7.00. The third-order valence-corrected chi connectivity index (χ3v) is 8.71. The number of likely N-dealkylation sites (N-methyl/N-ethyl adjacent to an activating group) is 1. The molecule has 220 valence electrons. The van der Waals surface area contributed by atoms with Gasteiger partial charge in [0.25, 0.3) is 10.0 Å². The molecule has 0 fully saturated rings. The topological polar surface area (TPSA) is 146 Å². The number of carbonyl (C=O) groups is 2. The number of urea groups is 1. The Kier molecular flexibility index (Phi) is 9.31. The molecule has 3 atom stereocenters. The van der Waals surface area contributed by atoms with Crippen molar-refractivity contribution < 1.29 is 27.9 Å². The van der Waals surface area contributed by atoms with Gasteiger partial charge in [0.15, 0.2) is 5.03 Å². The summed E-state index contributed by atoms with van der Waals surface area (Å²) in [6, 6.07) is 13.1. The van der Waals surface area contributed by atoms with Gasteiger partial charge in [0, 0.05) is 49.7 Å². The van der Waals surface area contributed by atoms with E-state index in [2.05, 4.69) is 15.6 Å². The number of hydrogen-bond donors (Lipinski definition) is 3. The van der Waals surface area contributed by atoms with Crippen molar-refractivity contribution in [2.45, 2.75) is 37.4 Å². The van der Waals surface area contributed by atoms with Gasteiger partial charge in [0.05, 0.1) is 31.9 Å². The van der Waals surface area contributed by atoms with Crippen molar-refractivity contribution in [1.29, 1.82) is 0 Å². The summed E-state index contributed by atoms with van der Waals surface area (Å²) in [7, 11) is -0.741. The molecule has 1 aromatic heterocycles. The lowest BCUT2D eigenvalue weighted by molar-refractivity contribution is -0.134. The Labute approximate surface area is 240 Å². The van der Waals surface area contributed by atoms with Crippen LogP contribution in [0.2, 0.25) is 0 Å². The Bertz CT molecular complexity index is 1480. The fraction of sp³-hybridized carbons (Fsp3) is 0.393. The molecular weight excluding hydrogens is 548 g/mol. The molecule has 12 nitrogen and oxygen atoms in total. The molecule has 3 aromatic rings. The van der Waals surface area contributed by atoms with Gasteiger partial charge >= 0.3 is 6.03 Å². The number of carbonyl (C=O) groups excluding carboxylic acids is 2. The minimum absolute atomic E-state index is 0.00542. The van der Waals surface area contributed by atoms with Crippen molar-refractivity contribution in [1.82, 2.24) is 18.8 Å². The van der Waals surface area contributed by atoms with Gasteiger partial charge in [-0.2, -0.15) is 4.31 Å². The number of aromatic nitrogens is 2. The fourth-order valence-corrected chi connectivity index (χ4v) is 5.72. The van der Waals surface area contributed by atoms with Gasteiger partial charge < -0.3 is 29.9 Å². The van der Waals surface area contributed by atoms with E-state index in [1.165, 1.54) is 23.9 Å². The Morgan fingerprint density at radius 1 is 1.20 bits per heavy atom. The van der Waals surface area contributed by atoms with Crippen molar-refractivity contribution >= 4 is 33.3 Å². The molecule has 1 aliphatic rings. The highest BCUT2D eigenvalue weighted by Crippen LogP contribution is 2.30. The van der Waals surface area contributed by atoms with E-state index < -0.39 is 28.2 Å². The molecule has 13 heteroatoms. The number of aliphatic hydroxyl groups is 1. The van der Waals surface area contributed by atoms with E-state index in [0.29, 0.717) is 22.7 Å². The lowest BCUT2D eigenvalue weighted by atomic mass is 10.0. The predicted molar refractivity (Wildman–Crippen MR) is 154 cm³/mol. The fourth-order valence-electron chi connectivity index (χ4n) is 4.57. The number of aryl methyl sites for hydroxylation is 1. The Morgan fingerprint density at radius 3 is 2.56 bits per heavy atom. The van der Waals surface area contributed by atoms with Crippen molar-refractivity contribution in [2.24, 2.45) is 13.0 Å². The zero-order valence-electron chi connectivity index (χ0n) is 23.5. The molecule has 0 saturated carbocycles. The zero-order chi connectivity index (χ0) is 29.7. The summed E-state index contributed by atoms with van der Waals surface area (Å²) >= 11 is 0. The summed E-state index contributed by atoms with van der Waals surface area (Å²) in [4.78, 5) is 31.6. The first kappa shape index (κ1) is 30.0. The van der Waals surface area contributed by atoms with Gasteiger partial charge in [-0.15, -0.1) is 0 Å². The normalized spacial score (nSPS) is 18.5. The van der Waals surface area contributed by atoms with E-state index in [-0.39, 0.29) is 43.0 Å². The first-order chi connectivity index (χ1) is 19.5. The maximum absolute atomic E-state index is 13.4. The number of amides is 3. The van der Waals surface area contributed by atoms with Crippen LogP contribution in [-0.2, 0) is 28.3 Å². The largest absolute Gasteiger partial charge is 0.488 e. The van der Waals surface area contributed by atoms with E-state index >= 15 is 0 Å². The molecule has 2 heterocycles. The summed E-state index contributed by atoms with van der Waals surface area (Å²) in [5.41, 5.74) is 1.60. The molecule has 0 unspecified atom stereocenters. The highest BCUT2D eigenvalue weighted by molar-refractivity contribution is 7.89. The summed E-state index contributed by atoms with van der Waals surface area (Å²) in [6.07, 6.45) is 2.18. The number of fused-ring (bicyclic) bond motifs is 1. The van der Waals surface area contributed by atoms with E-state index in [1.54, 1.807) is 53.8 Å². The number of aliphatic hydroxyl groups excluding tert-OH is 1. The summed E-state index contributed by atoms with van der Waals surface area (Å²) in [5, 5.41) is 15.3. The smallest absolute Gasteiger partial charge is 0.323 e. The van der Waals surface area contributed by atoms with Gasteiger partial charge in [-0.25, -0.2) is 18.2 Å². The predicted octanol–water partition coefficient (Wildman–Crippen LogP) is 2.53. The Hall–Kier alpha value is -3.94. The van der Waals surface area contributed by atoms with Crippen LogP contribution in [0.3, 0.4) is 0 Å². The number of rotatable bonds is 8. The van der Waals surface area contributed by atoms with Gasteiger partial charge in [0.1, 0.15) is 11.9 Å². The van der Waals surface area contributed by atoms with Crippen molar-refractivity contribution in [3.8, 4) is 5.75 Å². The van der Waals surface area contributed by atoms with E-state index in [1.807, 2.05) is 25.1 Å². The molecule has 2 aromatic carbocycles. The van der Waals surface area contributed by atoms with Crippen LogP contribution in [0.1, 0.15) is 19.4 Å². The van der Waals surface area contributed by atoms with E-state index in [0.717, 1.165) is 0 Å². The molecule has 4 rings (SSSR count). The average Bonchev–Trinajstić information content (AvgIpc) is 3.40. The molecular formula is C28H36N6O6S. The maximum atomic E-state index is 13.4. The standard InChI is InChI=1S/C28H36N6O6S/c1-19-14-34(20(2)17-35)27(36)13-21-12-23(31-28(37)30-22-8-6-5-7-9-22)10-11-24(21)40-25(19)15-33(4)41(38,39)26-16-32(3)18-29-26/h5-12,16,18-20,25,35H,13-15,17H2,1-4H3,(H2,30,31,37)/t19-,20-,25+/m0/s1. The van der Waals surface area contributed by atoms with Gasteiger partial charge in [0.2, 0.25) is 5.91 Å². The summed E-state index contributed by atoms with van der Waals surface area (Å²) in [5.74, 6) is -0.106. The minimum Gasteiger partial charge on any atom is -0.488 e. The van der Waals surface area contributed by atoms with Crippen molar-refractivity contribution in [3.05, 3.63) is 66.6 Å². The molecule has 1 aliphatic heterocycles. The van der Waals surface area contributed by atoms with Crippen molar-refractivity contribution in [2.75, 3.05) is 37.4 Å². The maximum Gasteiger partial charge on any atom is 0.323 e. The monoisotopic (exact) mass is 584 g/mol. The van der Waals surface area contributed by atoms with Crippen LogP contribution >= 0.6 is 0 Å². The lowest BCUT2D eigenvalue weighted by Crippen LogP contribution is -2.48. The molecule has 3 amide bonds. The summed E-state index contributed by atoms with van der Waals surface area (Å²) < 4.78 is 35.5. The Morgan fingerprint density at radius 2 is 1.90 bits per heavy atom. The number of nitrogens with zero attached hydrogens (tertiary/aromatic N) is 4. The highest BCUT2D eigenvalue weighted by Gasteiger charge is 2.34. The number of benzene rings is 2. The molecule has 0 saturated heterocycles. The van der Waals surface area contributed by atoms with E-state index in [9.17, 15) is 23.1 Å². The number of anilines is 2. The second-order valence-electron chi connectivity index (χ2n) is 10.3. The van der Waals surface area contributed by atoms with Crippen LogP contribution in [0.25, 0.3) is 0 Å². The number of para-hydroxylation sites is 1. The lowest BCUT2D eigenvalue weighted by Gasteiger charge is -2.33. The van der Waals surface area contributed by atoms with Crippen LogP contribution in [0.15, 0.2) is 66.1 Å². The molecule has 41 heavy (non-hydrogen) atoms. The number of nitrogens with one attached hydrogen (secondary N) is 2. The number of imidazole rings is 1. The first-order valence-corrected chi connectivity index (χ1v) is 14.7. The van der Waals surface area contributed by atoms with Crippen LogP contribution in [-0.4, -0.2) is 83.1 Å². The van der Waals surface area contributed by atoms with Crippen LogP contribution < -0.4 is 15.4 Å². The van der Waals surface area contributed by atoms with Crippen LogP contribution in [0.4, 0.5) is 16.2 Å². The molecule has 0 aliphatic carbocycles. The Balaban J connectivity index is 1.62. The van der Waals surface area contributed by atoms with Crippen molar-refractivity contribution in [3.63, 3.8) is 0 Å². The second kappa shape index (κ2) is 12.7. The third kappa shape index (κ3) is 7.23. The minimum atomic E-state index is -3.89. The quantitative estimate of drug-likeness (QED) is 0.369. The number of ether oxygens (including phenoxy) is 1. The number of hydrogen-bond acceptors (Lipinski definition) is 7. The first-order valence-electron chi connectivity index (χ1n) is 13.2. The van der Waals surface area contributed by atoms with Gasteiger partial charge in [-0.05, 0) is 37.3 Å². The second-order valence-corrected chi connectivity index (χ2v) is 12.3. The SMILES string of the molecule is C[C@H]1CN([C@@H](C)CO)C(=O)Cc2cc(NC(=O)Nc3ccccc3)ccc2O[C@@H]1CN(C)S(=O)(=O)c1cn(C)cn1. The number of sulfonamides is 1. The molecule has 3 N–H and O–H groups in total. The molecule has 0 spiro atoms. The summed E-state index contributed by atoms with van der Waals surface area (Å²) in [6.45, 7) is 3.65. The molecule has 0 radical (unpaired) electrons. The zero-order valence-corrected chi connectivity index (χ0v) is 24.3. The van der Waals surface area contributed by atoms with E-state index in [4.69, 9.17) is 4.74 Å². The van der Waals surface area contributed by atoms with Gasteiger partial charge in [-0.3, -0.25) is 4.79 Å².